The summed E-state index contributed by atoms with van der Waals surface area (Å²) in [5.74, 6) is 0.122. The van der Waals surface area contributed by atoms with Crippen molar-refractivity contribution in [3.63, 3.8) is 0 Å². The number of carbonyl (C=O) groups excluding carboxylic acids is 1. The van der Waals surface area contributed by atoms with Gasteiger partial charge in [0, 0.05) is 31.0 Å². The summed E-state index contributed by atoms with van der Waals surface area (Å²) in [6.45, 7) is 5.43. The molecule has 1 aliphatic carbocycles. The molecule has 0 amide bonds. The Balaban J connectivity index is 2.40. The van der Waals surface area contributed by atoms with Crippen LogP contribution >= 0.6 is 0 Å². The first-order valence-electron chi connectivity index (χ1n) is 9.28. The van der Waals surface area contributed by atoms with E-state index < -0.39 is 14.9 Å². The second kappa shape index (κ2) is 9.75. The van der Waals surface area contributed by atoms with Gasteiger partial charge in [0.05, 0.1) is 9.82 Å². The normalized spacial score (nSPS) is 16.4. The maximum atomic E-state index is 13.3. The Labute approximate surface area is 165 Å². The number of nitro groups is 1. The van der Waals surface area contributed by atoms with Crippen LogP contribution in [0.5, 0.6) is 0 Å². The van der Waals surface area contributed by atoms with Gasteiger partial charge < -0.3 is 0 Å². The molecule has 1 saturated carbocycles. The van der Waals surface area contributed by atoms with Gasteiger partial charge in [-0.1, -0.05) is 23.8 Å². The van der Waals surface area contributed by atoms with E-state index in [4.69, 9.17) is 0 Å². The van der Waals surface area contributed by atoms with Crippen LogP contribution < -0.4 is 0 Å². The van der Waals surface area contributed by atoms with Crippen molar-refractivity contribution in [2.45, 2.75) is 56.4 Å². The lowest BCUT2D eigenvalue weighted by Gasteiger charge is -2.33. The van der Waals surface area contributed by atoms with Crippen molar-refractivity contribution in [3.05, 3.63) is 64.4 Å². The number of carbonyl (C=O) groups is 1. The predicted molar refractivity (Wildman–Crippen MR) is 107 cm³/mol. The van der Waals surface area contributed by atoms with E-state index >= 15 is 0 Å². The third-order valence-corrected chi connectivity index (χ3v) is 6.78. The molecule has 0 saturated heterocycles. The molecule has 1 aromatic carbocycles. The standard InChI is InChI=1S/C20H26N2O5S/c1-3-4-5-17(15-22(24)25)14-21(18-8-10-19(23)11-9-18)28(26,27)20-12-6-16(2)7-13-20/h3,6-7,12-13,15,18H,1,4-5,8-11,14H2,2H3/b17-15+. The van der Waals surface area contributed by atoms with Crippen molar-refractivity contribution in [1.29, 1.82) is 0 Å². The minimum Gasteiger partial charge on any atom is -0.300 e. The SMILES string of the molecule is C=CCC/C(=C\[N+](=O)[O-])CN(C1CCC(=O)CC1)S(=O)(=O)c1ccc(C)cc1. The molecular formula is C20H26N2O5S. The molecule has 0 unspecified atom stereocenters. The van der Waals surface area contributed by atoms with Crippen LogP contribution in [0.2, 0.25) is 0 Å². The number of Topliss-reactive ketones (excluding diaryl/α,β-unsaturated/α-hetero) is 1. The Morgan fingerprint density at radius 2 is 1.89 bits per heavy atom. The summed E-state index contributed by atoms with van der Waals surface area (Å²) in [6, 6.07) is 6.18. The maximum absolute atomic E-state index is 13.3. The molecule has 0 bridgehead atoms. The zero-order chi connectivity index (χ0) is 20.7. The van der Waals surface area contributed by atoms with Crippen LogP contribution in [0.25, 0.3) is 0 Å². The highest BCUT2D eigenvalue weighted by molar-refractivity contribution is 7.89. The van der Waals surface area contributed by atoms with Crippen LogP contribution in [0, 0.1) is 17.0 Å². The Morgan fingerprint density at radius 1 is 1.29 bits per heavy atom. The van der Waals surface area contributed by atoms with Crippen LogP contribution in [-0.2, 0) is 14.8 Å². The first-order chi connectivity index (χ1) is 13.2. The van der Waals surface area contributed by atoms with Gasteiger partial charge in [-0.05, 0) is 44.7 Å². The smallest absolute Gasteiger partial charge is 0.243 e. The molecule has 7 nitrogen and oxygen atoms in total. The van der Waals surface area contributed by atoms with Crippen molar-refractivity contribution in [3.8, 4) is 0 Å². The molecule has 0 radical (unpaired) electrons. The molecule has 0 spiro atoms. The molecule has 28 heavy (non-hydrogen) atoms. The van der Waals surface area contributed by atoms with Crippen molar-refractivity contribution in [2.75, 3.05) is 6.54 Å². The number of ketones is 1. The lowest BCUT2D eigenvalue weighted by Crippen LogP contribution is -2.43. The van der Waals surface area contributed by atoms with E-state index in [1.165, 1.54) is 4.31 Å². The fraction of sp³-hybridized carbons (Fsp3) is 0.450. The zero-order valence-electron chi connectivity index (χ0n) is 16.0. The van der Waals surface area contributed by atoms with Crippen LogP contribution in [0.15, 0.2) is 53.6 Å². The van der Waals surface area contributed by atoms with Gasteiger partial charge in [-0.3, -0.25) is 14.9 Å². The fourth-order valence-corrected chi connectivity index (χ4v) is 4.98. The minimum absolute atomic E-state index is 0.0656. The van der Waals surface area contributed by atoms with Crippen LogP contribution in [0.4, 0.5) is 0 Å². The average molecular weight is 407 g/mol. The topological polar surface area (TPSA) is 97.6 Å². The van der Waals surface area contributed by atoms with Gasteiger partial charge in [0.25, 0.3) is 0 Å². The molecule has 1 aromatic rings. The fourth-order valence-electron chi connectivity index (χ4n) is 3.29. The summed E-state index contributed by atoms with van der Waals surface area (Å²) in [7, 11) is -3.86. The van der Waals surface area contributed by atoms with Gasteiger partial charge >= 0.3 is 0 Å². The van der Waals surface area contributed by atoms with Crippen LogP contribution in [-0.4, -0.2) is 36.0 Å². The summed E-state index contributed by atoms with van der Waals surface area (Å²) in [5, 5.41) is 11.0. The number of aryl methyl sites for hydroxylation is 1. The van der Waals surface area contributed by atoms with Gasteiger partial charge in [0.2, 0.25) is 16.2 Å². The number of hydrogen-bond donors (Lipinski definition) is 0. The third kappa shape index (κ3) is 5.84. The molecule has 0 N–H and O–H groups in total. The average Bonchev–Trinajstić information content (AvgIpc) is 2.64. The quantitative estimate of drug-likeness (QED) is 0.354. The highest BCUT2D eigenvalue weighted by Crippen LogP contribution is 2.28. The molecule has 1 aliphatic rings. The molecule has 0 atom stereocenters. The molecule has 0 heterocycles. The Kier molecular flexibility index (Phi) is 7.65. The Morgan fingerprint density at radius 3 is 2.43 bits per heavy atom. The van der Waals surface area contributed by atoms with E-state index in [1.54, 1.807) is 30.3 Å². The highest BCUT2D eigenvalue weighted by Gasteiger charge is 2.34. The summed E-state index contributed by atoms with van der Waals surface area (Å²) >= 11 is 0. The van der Waals surface area contributed by atoms with E-state index in [9.17, 15) is 23.3 Å². The lowest BCUT2D eigenvalue weighted by atomic mass is 9.94. The van der Waals surface area contributed by atoms with Gasteiger partial charge in [-0.2, -0.15) is 4.31 Å². The number of hydrogen-bond acceptors (Lipinski definition) is 5. The molecule has 8 heteroatoms. The molecule has 0 aliphatic heterocycles. The van der Waals surface area contributed by atoms with E-state index in [0.717, 1.165) is 11.8 Å². The number of sulfonamides is 1. The number of allylic oxidation sites excluding steroid dienone is 1. The van der Waals surface area contributed by atoms with Crippen LogP contribution in [0.1, 0.15) is 44.1 Å². The largest absolute Gasteiger partial charge is 0.300 e. The monoisotopic (exact) mass is 406 g/mol. The van der Waals surface area contributed by atoms with Crippen LogP contribution in [0.3, 0.4) is 0 Å². The second-order valence-electron chi connectivity index (χ2n) is 7.03. The molecule has 152 valence electrons. The van der Waals surface area contributed by atoms with Gasteiger partial charge in [0.1, 0.15) is 5.78 Å². The lowest BCUT2D eigenvalue weighted by molar-refractivity contribution is -0.403. The van der Waals surface area contributed by atoms with E-state index in [1.807, 2.05) is 6.92 Å². The summed E-state index contributed by atoms with van der Waals surface area (Å²) < 4.78 is 28.0. The van der Waals surface area contributed by atoms with Crippen molar-refractivity contribution < 1.29 is 18.1 Å². The molecule has 0 aromatic heterocycles. The van der Waals surface area contributed by atoms with E-state index in [-0.39, 0.29) is 23.3 Å². The number of benzene rings is 1. The van der Waals surface area contributed by atoms with Gasteiger partial charge in [-0.15, -0.1) is 6.58 Å². The highest BCUT2D eigenvalue weighted by atomic mass is 32.2. The first-order valence-corrected chi connectivity index (χ1v) is 10.7. The van der Waals surface area contributed by atoms with E-state index in [0.29, 0.717) is 44.1 Å². The third-order valence-electron chi connectivity index (χ3n) is 4.86. The number of rotatable bonds is 9. The summed E-state index contributed by atoms with van der Waals surface area (Å²) in [4.78, 5) is 22.2. The zero-order valence-corrected chi connectivity index (χ0v) is 16.9. The first kappa shape index (κ1) is 22.0. The Hall–Kier alpha value is -2.32. The maximum Gasteiger partial charge on any atom is 0.243 e. The number of nitrogens with zero attached hydrogens (tertiary/aromatic N) is 2. The Bertz CT molecular complexity index is 849. The van der Waals surface area contributed by atoms with Crippen molar-refractivity contribution in [1.82, 2.24) is 4.31 Å². The molecular weight excluding hydrogens is 380 g/mol. The summed E-state index contributed by atoms with van der Waals surface area (Å²) in [5.41, 5.74) is 1.35. The second-order valence-corrected chi connectivity index (χ2v) is 8.92. The van der Waals surface area contributed by atoms with Gasteiger partial charge in [0.15, 0.2) is 0 Å². The van der Waals surface area contributed by atoms with Gasteiger partial charge in [-0.25, -0.2) is 8.42 Å². The van der Waals surface area contributed by atoms with Crippen molar-refractivity contribution in [2.24, 2.45) is 0 Å². The minimum atomic E-state index is -3.86. The molecule has 2 rings (SSSR count). The van der Waals surface area contributed by atoms with E-state index in [2.05, 4.69) is 6.58 Å². The summed E-state index contributed by atoms with van der Waals surface area (Å²) in [6.07, 6.45) is 4.91. The predicted octanol–water partition coefficient (Wildman–Crippen LogP) is 3.62. The molecule has 1 fully saturated rings. The van der Waals surface area contributed by atoms with Crippen molar-refractivity contribution >= 4 is 15.8 Å².